The van der Waals surface area contributed by atoms with Crippen molar-refractivity contribution in [2.24, 2.45) is 11.0 Å². The molecule has 1 atom stereocenters. The van der Waals surface area contributed by atoms with Crippen LogP contribution in [-0.2, 0) is 0 Å². The van der Waals surface area contributed by atoms with Crippen molar-refractivity contribution in [2.75, 3.05) is 21.1 Å². The zero-order chi connectivity index (χ0) is 12.9. The Hall–Kier alpha value is -1.41. The lowest BCUT2D eigenvalue weighted by atomic mass is 9.95. The van der Waals surface area contributed by atoms with Crippen molar-refractivity contribution in [3.63, 3.8) is 0 Å². The first-order valence-corrected chi connectivity index (χ1v) is 6.02. The molecule has 0 fully saturated rings. The van der Waals surface area contributed by atoms with Crippen LogP contribution in [0.2, 0.25) is 0 Å². The maximum Gasteiger partial charge on any atom is 0.106 e. The Morgan fingerprint density at radius 1 is 1.29 bits per heavy atom. The molecule has 0 aliphatic rings. The third-order valence-electron chi connectivity index (χ3n) is 2.46. The molecule has 0 N–H and O–H groups in total. The van der Waals surface area contributed by atoms with E-state index in [9.17, 15) is 0 Å². The molecule has 1 aromatic carbocycles. The van der Waals surface area contributed by atoms with Crippen molar-refractivity contribution >= 4 is 5.71 Å². The first-order chi connectivity index (χ1) is 7.94. The zero-order valence-electron chi connectivity index (χ0n) is 11.4. The van der Waals surface area contributed by atoms with Gasteiger partial charge < -0.3 is 0 Å². The third-order valence-corrected chi connectivity index (χ3v) is 2.46. The standard InChI is InChI=1S/C15H23N2/c1-6-10-13(2)15(16-17(3,4)5)14-11-8-7-9-12-14/h6-9,11-13H,1,10H2,2-5H3/q+1/b16-15-/t13-/m1/s1. The van der Waals surface area contributed by atoms with Crippen molar-refractivity contribution in [3.05, 3.63) is 48.6 Å². The predicted molar refractivity (Wildman–Crippen MR) is 75.0 cm³/mol. The Kier molecular flexibility index (Phi) is 4.64. The van der Waals surface area contributed by atoms with E-state index in [1.807, 2.05) is 12.1 Å². The van der Waals surface area contributed by atoms with Crippen LogP contribution in [0.5, 0.6) is 0 Å². The summed E-state index contributed by atoms with van der Waals surface area (Å²) in [7, 11) is 6.22. The highest BCUT2D eigenvalue weighted by atomic mass is 15.6. The van der Waals surface area contributed by atoms with Gasteiger partial charge in [-0.1, -0.05) is 48.4 Å². The fourth-order valence-electron chi connectivity index (χ4n) is 1.73. The number of quaternary nitrogens is 1. The second-order valence-electron chi connectivity index (χ2n) is 5.22. The molecular weight excluding hydrogens is 208 g/mol. The Morgan fingerprint density at radius 2 is 1.88 bits per heavy atom. The van der Waals surface area contributed by atoms with E-state index < -0.39 is 0 Å². The largest absolute Gasteiger partial charge is 0.205 e. The van der Waals surface area contributed by atoms with Gasteiger partial charge in [-0.15, -0.1) is 6.58 Å². The Morgan fingerprint density at radius 3 is 2.35 bits per heavy atom. The fourth-order valence-corrected chi connectivity index (χ4v) is 1.73. The summed E-state index contributed by atoms with van der Waals surface area (Å²) in [5.41, 5.74) is 2.35. The van der Waals surface area contributed by atoms with E-state index in [0.717, 1.165) is 12.1 Å². The minimum Gasteiger partial charge on any atom is -0.205 e. The summed E-state index contributed by atoms with van der Waals surface area (Å²) in [5.74, 6) is 0.396. The molecule has 2 nitrogen and oxygen atoms in total. The Bertz CT molecular complexity index is 385. The first-order valence-electron chi connectivity index (χ1n) is 6.02. The molecule has 0 radical (unpaired) electrons. The minimum absolute atomic E-state index is 0.396. The van der Waals surface area contributed by atoms with E-state index in [1.54, 1.807) is 0 Å². The molecule has 1 rings (SSSR count). The highest BCUT2D eigenvalue weighted by Crippen LogP contribution is 2.15. The highest BCUT2D eigenvalue weighted by Gasteiger charge is 2.17. The van der Waals surface area contributed by atoms with Crippen molar-refractivity contribution in [1.29, 1.82) is 0 Å². The average Bonchev–Trinajstić information content (AvgIpc) is 2.26. The Labute approximate surface area is 105 Å². The molecule has 0 heterocycles. The van der Waals surface area contributed by atoms with Gasteiger partial charge in [0.05, 0.1) is 21.1 Å². The average molecular weight is 231 g/mol. The van der Waals surface area contributed by atoms with Crippen molar-refractivity contribution < 1.29 is 4.59 Å². The number of allylic oxidation sites excluding steroid dienone is 1. The SMILES string of the molecule is C=CC[C@@H](C)/C(=N/[N+](C)(C)C)c1ccccc1. The molecule has 0 amide bonds. The molecule has 0 aliphatic heterocycles. The fraction of sp³-hybridized carbons (Fsp3) is 0.400. The van der Waals surface area contributed by atoms with Gasteiger partial charge in [0, 0.05) is 11.5 Å². The van der Waals surface area contributed by atoms with Crippen LogP contribution in [0, 0.1) is 5.92 Å². The van der Waals surface area contributed by atoms with Gasteiger partial charge in [-0.05, 0) is 6.42 Å². The molecule has 0 aliphatic carbocycles. The van der Waals surface area contributed by atoms with E-state index in [-0.39, 0.29) is 0 Å². The van der Waals surface area contributed by atoms with Gasteiger partial charge in [-0.3, -0.25) is 0 Å². The summed E-state index contributed by atoms with van der Waals surface area (Å²) in [4.78, 5) is 0. The Balaban J connectivity index is 3.12. The highest BCUT2D eigenvalue weighted by molar-refractivity contribution is 6.01. The predicted octanol–water partition coefficient (Wildman–Crippen LogP) is 3.31. The van der Waals surface area contributed by atoms with Gasteiger partial charge in [0.1, 0.15) is 5.71 Å². The molecule has 1 aromatic rings. The van der Waals surface area contributed by atoms with Gasteiger partial charge >= 0.3 is 0 Å². The van der Waals surface area contributed by atoms with Crippen molar-refractivity contribution in [1.82, 2.24) is 0 Å². The summed E-state index contributed by atoms with van der Waals surface area (Å²) < 4.78 is 0.589. The monoisotopic (exact) mass is 231 g/mol. The zero-order valence-corrected chi connectivity index (χ0v) is 11.4. The molecule has 0 spiro atoms. The summed E-state index contributed by atoms with van der Waals surface area (Å²) in [6, 6.07) is 10.4. The number of nitrogens with zero attached hydrogens (tertiary/aromatic N) is 2. The van der Waals surface area contributed by atoms with Crippen LogP contribution in [-0.4, -0.2) is 31.4 Å². The lowest BCUT2D eigenvalue weighted by Gasteiger charge is -2.20. The van der Waals surface area contributed by atoms with E-state index >= 15 is 0 Å². The molecule has 0 saturated heterocycles. The van der Waals surface area contributed by atoms with Crippen LogP contribution >= 0.6 is 0 Å². The molecule has 2 heteroatoms. The summed E-state index contributed by atoms with van der Waals surface area (Å²) in [6.45, 7) is 6.01. The van der Waals surface area contributed by atoms with Crippen LogP contribution in [0.3, 0.4) is 0 Å². The van der Waals surface area contributed by atoms with Crippen molar-refractivity contribution in [3.8, 4) is 0 Å². The van der Waals surface area contributed by atoms with E-state index in [4.69, 9.17) is 5.10 Å². The van der Waals surface area contributed by atoms with Gasteiger partial charge in [-0.2, -0.15) is 0 Å². The minimum atomic E-state index is 0.396. The topological polar surface area (TPSA) is 12.4 Å². The molecule has 0 bridgehead atoms. The number of hydrogen-bond acceptors (Lipinski definition) is 1. The van der Waals surface area contributed by atoms with E-state index in [1.165, 1.54) is 5.56 Å². The van der Waals surface area contributed by atoms with E-state index in [2.05, 4.69) is 58.9 Å². The third kappa shape index (κ3) is 4.53. The van der Waals surface area contributed by atoms with Crippen molar-refractivity contribution in [2.45, 2.75) is 13.3 Å². The first kappa shape index (κ1) is 13.7. The van der Waals surface area contributed by atoms with Crippen LogP contribution in [0.25, 0.3) is 0 Å². The van der Waals surface area contributed by atoms with Gasteiger partial charge in [0.2, 0.25) is 0 Å². The number of rotatable bonds is 5. The molecule has 0 aromatic heterocycles. The quantitative estimate of drug-likeness (QED) is 0.319. The van der Waals surface area contributed by atoms with Gasteiger partial charge in [0.25, 0.3) is 0 Å². The second kappa shape index (κ2) is 5.78. The van der Waals surface area contributed by atoms with Crippen LogP contribution in [0.1, 0.15) is 18.9 Å². The van der Waals surface area contributed by atoms with Crippen LogP contribution in [0.15, 0.2) is 48.1 Å². The number of benzene rings is 1. The van der Waals surface area contributed by atoms with Gasteiger partial charge in [0.15, 0.2) is 0 Å². The van der Waals surface area contributed by atoms with Crippen LogP contribution in [0.4, 0.5) is 0 Å². The normalized spacial score (nSPS) is 14.5. The second-order valence-corrected chi connectivity index (χ2v) is 5.22. The summed E-state index contributed by atoms with van der Waals surface area (Å²) >= 11 is 0. The molecule has 0 saturated carbocycles. The smallest absolute Gasteiger partial charge is 0.106 e. The maximum absolute atomic E-state index is 4.80. The van der Waals surface area contributed by atoms with E-state index in [0.29, 0.717) is 10.5 Å². The molecular formula is C15H23N2+. The number of hydrogen-bond donors (Lipinski definition) is 0. The molecule has 17 heavy (non-hydrogen) atoms. The summed E-state index contributed by atoms with van der Waals surface area (Å²) in [5, 5.41) is 4.80. The lowest BCUT2D eigenvalue weighted by molar-refractivity contribution is -0.877. The molecule has 92 valence electrons. The van der Waals surface area contributed by atoms with Gasteiger partial charge in [-0.25, -0.2) is 4.59 Å². The summed E-state index contributed by atoms with van der Waals surface area (Å²) in [6.07, 6.45) is 2.91. The lowest BCUT2D eigenvalue weighted by Crippen LogP contribution is -2.31. The maximum atomic E-state index is 4.80. The van der Waals surface area contributed by atoms with Crippen LogP contribution < -0.4 is 0 Å². The molecule has 0 unspecified atom stereocenters.